The Balaban J connectivity index is 2.33. The Bertz CT molecular complexity index is 513. The van der Waals surface area contributed by atoms with Gasteiger partial charge in [-0.1, -0.05) is 0 Å². The van der Waals surface area contributed by atoms with Crippen LogP contribution in [-0.2, 0) is 0 Å². The topological polar surface area (TPSA) is 73.9 Å². The molecule has 0 aliphatic rings. The van der Waals surface area contributed by atoms with Gasteiger partial charge in [-0.25, -0.2) is 9.97 Å². The first-order valence-corrected chi connectivity index (χ1v) is 5.36. The number of aromatic nitrogens is 3. The molecule has 0 radical (unpaired) electrons. The summed E-state index contributed by atoms with van der Waals surface area (Å²) in [5.74, 6) is 0.965. The maximum Gasteiger partial charge on any atom is 0.220 e. The Kier molecular flexibility index (Phi) is 3.18. The number of nitrogens with two attached hydrogens (primary N) is 1. The van der Waals surface area contributed by atoms with Gasteiger partial charge in [0.05, 0.1) is 18.0 Å². The summed E-state index contributed by atoms with van der Waals surface area (Å²) in [5, 5.41) is 0. The summed E-state index contributed by atoms with van der Waals surface area (Å²) in [4.78, 5) is 12.1. The third-order valence-electron chi connectivity index (χ3n) is 2.05. The molecule has 0 aromatic carbocycles. The van der Waals surface area contributed by atoms with Crippen LogP contribution in [0, 0.1) is 0 Å². The van der Waals surface area contributed by atoms with Crippen LogP contribution in [0.4, 0.5) is 5.95 Å². The molecule has 0 atom stereocenters. The molecular weight excluding hydrogens is 216 g/mol. The number of hydrogen-bond donors (Lipinski definition) is 1. The average molecular weight is 230 g/mol. The number of ether oxygens (including phenoxy) is 1. The van der Waals surface area contributed by atoms with Crippen molar-refractivity contribution < 1.29 is 4.74 Å². The zero-order valence-electron chi connectivity index (χ0n) is 9.79. The summed E-state index contributed by atoms with van der Waals surface area (Å²) in [5.41, 5.74) is 7.13. The predicted octanol–water partition coefficient (Wildman–Crippen LogP) is 1.91. The average Bonchev–Trinajstić information content (AvgIpc) is 2.28. The lowest BCUT2D eigenvalue weighted by Gasteiger charge is -2.10. The molecule has 0 aliphatic heterocycles. The van der Waals surface area contributed by atoms with Gasteiger partial charge in [0, 0.05) is 18.0 Å². The Morgan fingerprint density at radius 1 is 1.29 bits per heavy atom. The predicted molar refractivity (Wildman–Crippen MR) is 65.4 cm³/mol. The quantitative estimate of drug-likeness (QED) is 0.871. The zero-order chi connectivity index (χ0) is 12.3. The van der Waals surface area contributed by atoms with Crippen LogP contribution < -0.4 is 10.5 Å². The highest BCUT2D eigenvalue weighted by atomic mass is 16.5. The summed E-state index contributed by atoms with van der Waals surface area (Å²) in [7, 11) is 0. The van der Waals surface area contributed by atoms with Crippen molar-refractivity contribution in [1.82, 2.24) is 15.0 Å². The Labute approximate surface area is 99.7 Å². The van der Waals surface area contributed by atoms with Gasteiger partial charge in [-0.05, 0) is 26.0 Å². The van der Waals surface area contributed by atoms with Crippen molar-refractivity contribution in [2.45, 2.75) is 20.0 Å². The van der Waals surface area contributed by atoms with Gasteiger partial charge in [-0.3, -0.25) is 4.98 Å². The van der Waals surface area contributed by atoms with Crippen molar-refractivity contribution in [3.05, 3.63) is 30.7 Å². The van der Waals surface area contributed by atoms with Crippen LogP contribution >= 0.6 is 0 Å². The van der Waals surface area contributed by atoms with Gasteiger partial charge in [0.2, 0.25) is 5.95 Å². The van der Waals surface area contributed by atoms with E-state index in [9.17, 15) is 0 Å². The lowest BCUT2D eigenvalue weighted by atomic mass is 10.2. The standard InChI is InChI=1S/C12H14N4O/c1-8(2)17-10-5-9(6-14-7-10)11-3-4-15-12(13)16-11/h3-8H,1-2H3,(H2,13,15,16). The number of rotatable bonds is 3. The van der Waals surface area contributed by atoms with Crippen LogP contribution in [0.3, 0.4) is 0 Å². The van der Waals surface area contributed by atoms with E-state index >= 15 is 0 Å². The third kappa shape index (κ3) is 2.90. The molecule has 5 nitrogen and oxygen atoms in total. The van der Waals surface area contributed by atoms with Crippen molar-refractivity contribution in [3.63, 3.8) is 0 Å². The van der Waals surface area contributed by atoms with Crippen LogP contribution in [0.5, 0.6) is 5.75 Å². The molecule has 0 aliphatic carbocycles. The van der Waals surface area contributed by atoms with E-state index in [-0.39, 0.29) is 12.1 Å². The number of pyridine rings is 1. The van der Waals surface area contributed by atoms with Gasteiger partial charge in [-0.2, -0.15) is 0 Å². The first kappa shape index (κ1) is 11.3. The molecule has 0 saturated heterocycles. The van der Waals surface area contributed by atoms with E-state index in [4.69, 9.17) is 10.5 Å². The second kappa shape index (κ2) is 4.78. The molecule has 88 valence electrons. The van der Waals surface area contributed by atoms with E-state index in [1.54, 1.807) is 24.7 Å². The Morgan fingerprint density at radius 2 is 2.12 bits per heavy atom. The fourth-order valence-electron chi connectivity index (χ4n) is 1.43. The van der Waals surface area contributed by atoms with E-state index in [1.807, 2.05) is 19.9 Å². The van der Waals surface area contributed by atoms with Gasteiger partial charge in [-0.15, -0.1) is 0 Å². The molecule has 0 spiro atoms. The zero-order valence-corrected chi connectivity index (χ0v) is 9.79. The SMILES string of the molecule is CC(C)Oc1cncc(-c2ccnc(N)n2)c1. The minimum atomic E-state index is 0.113. The van der Waals surface area contributed by atoms with E-state index < -0.39 is 0 Å². The highest BCUT2D eigenvalue weighted by molar-refractivity contribution is 5.60. The first-order chi connectivity index (χ1) is 8.15. The van der Waals surface area contributed by atoms with E-state index in [2.05, 4.69) is 15.0 Å². The fourth-order valence-corrected chi connectivity index (χ4v) is 1.43. The molecule has 0 unspecified atom stereocenters. The maximum absolute atomic E-state index is 5.57. The van der Waals surface area contributed by atoms with Crippen LogP contribution in [0.2, 0.25) is 0 Å². The van der Waals surface area contributed by atoms with Gasteiger partial charge >= 0.3 is 0 Å². The molecule has 2 heterocycles. The molecule has 2 N–H and O–H groups in total. The molecule has 0 fully saturated rings. The van der Waals surface area contributed by atoms with Crippen LogP contribution in [0.15, 0.2) is 30.7 Å². The number of anilines is 1. The Morgan fingerprint density at radius 3 is 2.82 bits per heavy atom. The summed E-state index contributed by atoms with van der Waals surface area (Å²) in [6, 6.07) is 3.67. The van der Waals surface area contributed by atoms with Crippen molar-refractivity contribution in [3.8, 4) is 17.0 Å². The van der Waals surface area contributed by atoms with Crippen LogP contribution in [0.25, 0.3) is 11.3 Å². The molecule has 0 bridgehead atoms. The molecule has 0 saturated carbocycles. The van der Waals surface area contributed by atoms with E-state index in [0.29, 0.717) is 0 Å². The van der Waals surface area contributed by atoms with Crippen molar-refractivity contribution >= 4 is 5.95 Å². The molecule has 5 heteroatoms. The van der Waals surface area contributed by atoms with Crippen molar-refractivity contribution in [1.29, 1.82) is 0 Å². The molecule has 17 heavy (non-hydrogen) atoms. The lowest BCUT2D eigenvalue weighted by Crippen LogP contribution is -2.05. The van der Waals surface area contributed by atoms with Crippen molar-refractivity contribution in [2.75, 3.05) is 5.73 Å². The number of nitrogens with zero attached hydrogens (tertiary/aromatic N) is 3. The largest absolute Gasteiger partial charge is 0.489 e. The highest BCUT2D eigenvalue weighted by Gasteiger charge is 2.04. The number of hydrogen-bond acceptors (Lipinski definition) is 5. The molecule has 2 aromatic rings. The van der Waals surface area contributed by atoms with Gasteiger partial charge in [0.1, 0.15) is 5.75 Å². The van der Waals surface area contributed by atoms with Crippen LogP contribution in [0.1, 0.15) is 13.8 Å². The minimum Gasteiger partial charge on any atom is -0.489 e. The second-order valence-corrected chi connectivity index (χ2v) is 3.88. The normalized spacial score (nSPS) is 10.5. The summed E-state index contributed by atoms with van der Waals surface area (Å²) in [6.07, 6.45) is 5.12. The van der Waals surface area contributed by atoms with Crippen molar-refractivity contribution in [2.24, 2.45) is 0 Å². The summed E-state index contributed by atoms with van der Waals surface area (Å²) < 4.78 is 5.57. The summed E-state index contributed by atoms with van der Waals surface area (Å²) in [6.45, 7) is 3.94. The van der Waals surface area contributed by atoms with Gasteiger partial charge < -0.3 is 10.5 Å². The first-order valence-electron chi connectivity index (χ1n) is 5.36. The smallest absolute Gasteiger partial charge is 0.220 e. The van der Waals surface area contributed by atoms with Gasteiger partial charge in [0.15, 0.2) is 0 Å². The fraction of sp³-hybridized carbons (Fsp3) is 0.250. The van der Waals surface area contributed by atoms with E-state index in [0.717, 1.165) is 17.0 Å². The highest BCUT2D eigenvalue weighted by Crippen LogP contribution is 2.21. The molecule has 0 amide bonds. The Hall–Kier alpha value is -2.17. The molecular formula is C12H14N4O. The molecule has 2 rings (SSSR count). The molecule has 2 aromatic heterocycles. The lowest BCUT2D eigenvalue weighted by molar-refractivity contribution is 0.241. The number of nitrogen functional groups attached to an aromatic ring is 1. The minimum absolute atomic E-state index is 0.113. The monoisotopic (exact) mass is 230 g/mol. The van der Waals surface area contributed by atoms with Crippen LogP contribution in [-0.4, -0.2) is 21.1 Å². The maximum atomic E-state index is 5.57. The van der Waals surface area contributed by atoms with E-state index in [1.165, 1.54) is 0 Å². The summed E-state index contributed by atoms with van der Waals surface area (Å²) >= 11 is 0. The second-order valence-electron chi connectivity index (χ2n) is 3.88. The van der Waals surface area contributed by atoms with Gasteiger partial charge in [0.25, 0.3) is 0 Å². The third-order valence-corrected chi connectivity index (χ3v) is 2.05.